The molecule has 3 nitrogen and oxygen atoms in total. The van der Waals surface area contributed by atoms with Crippen molar-refractivity contribution in [2.75, 3.05) is 0 Å². The predicted molar refractivity (Wildman–Crippen MR) is 63.8 cm³/mol. The van der Waals surface area contributed by atoms with Crippen molar-refractivity contribution in [2.45, 2.75) is 38.5 Å². The largest absolute Gasteiger partial charge is 0.481 e. The van der Waals surface area contributed by atoms with Crippen LogP contribution in [0, 0.1) is 25.2 Å². The zero-order chi connectivity index (χ0) is 12.6. The number of aryl methyl sites for hydroxylation is 2. The zero-order valence-electron chi connectivity index (χ0n) is 10.1. The van der Waals surface area contributed by atoms with Gasteiger partial charge in [0, 0.05) is 0 Å². The summed E-state index contributed by atoms with van der Waals surface area (Å²) in [6.07, 6.45) is 2.30. The molecule has 0 saturated heterocycles. The molecule has 1 aliphatic carbocycles. The molecule has 0 aliphatic heterocycles. The van der Waals surface area contributed by atoms with E-state index in [1.54, 1.807) is 6.07 Å². The third kappa shape index (κ3) is 1.61. The number of nitrogens with zero attached hydrogens (tertiary/aromatic N) is 1. The van der Waals surface area contributed by atoms with Crippen LogP contribution in [0.2, 0.25) is 0 Å². The lowest BCUT2D eigenvalue weighted by Crippen LogP contribution is -2.43. The van der Waals surface area contributed by atoms with E-state index in [1.807, 2.05) is 19.9 Å². The number of carboxylic acids is 1. The Labute approximate surface area is 101 Å². The van der Waals surface area contributed by atoms with Gasteiger partial charge in [0.15, 0.2) is 0 Å². The van der Waals surface area contributed by atoms with E-state index in [0.717, 1.165) is 23.1 Å². The number of hydrogen-bond donors (Lipinski definition) is 1. The number of rotatable bonds is 2. The van der Waals surface area contributed by atoms with Crippen LogP contribution < -0.4 is 0 Å². The molecule has 0 amide bonds. The van der Waals surface area contributed by atoms with Gasteiger partial charge in [-0.15, -0.1) is 0 Å². The third-order valence-corrected chi connectivity index (χ3v) is 3.82. The Morgan fingerprint density at radius 3 is 2.41 bits per heavy atom. The summed E-state index contributed by atoms with van der Waals surface area (Å²) in [4.78, 5) is 11.5. The van der Waals surface area contributed by atoms with Crippen LogP contribution in [0.1, 0.15) is 41.5 Å². The minimum atomic E-state index is -0.764. The van der Waals surface area contributed by atoms with Gasteiger partial charge in [-0.25, -0.2) is 0 Å². The fraction of sp³-hybridized carbons (Fsp3) is 0.429. The monoisotopic (exact) mass is 229 g/mol. The molecule has 1 saturated carbocycles. The molecule has 2 rings (SSSR count). The SMILES string of the molecule is Cc1cc(C)c(C2(C(=O)O)CCC2)cc1C#N. The smallest absolute Gasteiger partial charge is 0.314 e. The second-order valence-corrected chi connectivity index (χ2v) is 4.83. The quantitative estimate of drug-likeness (QED) is 0.848. The second kappa shape index (κ2) is 3.89. The Morgan fingerprint density at radius 1 is 1.35 bits per heavy atom. The first kappa shape index (κ1) is 11.7. The molecule has 1 fully saturated rings. The highest BCUT2D eigenvalue weighted by Gasteiger charge is 2.46. The van der Waals surface area contributed by atoms with Gasteiger partial charge in [-0.05, 0) is 49.4 Å². The fourth-order valence-corrected chi connectivity index (χ4v) is 2.62. The van der Waals surface area contributed by atoms with Gasteiger partial charge < -0.3 is 5.11 Å². The summed E-state index contributed by atoms with van der Waals surface area (Å²) in [5, 5.41) is 18.4. The molecule has 0 atom stereocenters. The van der Waals surface area contributed by atoms with Crippen molar-refractivity contribution in [1.82, 2.24) is 0 Å². The van der Waals surface area contributed by atoms with Crippen LogP contribution in [0.25, 0.3) is 0 Å². The highest BCUT2D eigenvalue weighted by Crippen LogP contribution is 2.45. The van der Waals surface area contributed by atoms with Crippen molar-refractivity contribution in [3.8, 4) is 6.07 Å². The molecule has 1 N–H and O–H groups in total. The first-order valence-corrected chi connectivity index (χ1v) is 5.76. The summed E-state index contributed by atoms with van der Waals surface area (Å²) in [6, 6.07) is 5.80. The Bertz CT molecular complexity index is 522. The molecule has 1 aromatic carbocycles. The summed E-state index contributed by atoms with van der Waals surface area (Å²) >= 11 is 0. The number of nitriles is 1. The van der Waals surface area contributed by atoms with E-state index >= 15 is 0 Å². The van der Waals surface area contributed by atoms with Crippen molar-refractivity contribution in [3.05, 3.63) is 34.4 Å². The summed E-state index contributed by atoms with van der Waals surface area (Å²) in [5.41, 5.74) is 2.54. The second-order valence-electron chi connectivity index (χ2n) is 4.83. The summed E-state index contributed by atoms with van der Waals surface area (Å²) in [6.45, 7) is 3.80. The van der Waals surface area contributed by atoms with Crippen LogP contribution in [0.4, 0.5) is 0 Å². The van der Waals surface area contributed by atoms with Crippen molar-refractivity contribution in [3.63, 3.8) is 0 Å². The van der Waals surface area contributed by atoms with Crippen LogP contribution in [0.5, 0.6) is 0 Å². The van der Waals surface area contributed by atoms with E-state index in [0.29, 0.717) is 18.4 Å². The maximum atomic E-state index is 11.5. The molecular formula is C14H15NO2. The zero-order valence-corrected chi connectivity index (χ0v) is 10.1. The molecule has 0 heterocycles. The van der Waals surface area contributed by atoms with Gasteiger partial charge in [0.25, 0.3) is 0 Å². The van der Waals surface area contributed by atoms with Gasteiger partial charge in [-0.3, -0.25) is 4.79 Å². The highest BCUT2D eigenvalue weighted by atomic mass is 16.4. The standard InChI is InChI=1S/C14H15NO2/c1-9-6-10(2)12(7-11(9)8-15)14(13(16)17)4-3-5-14/h6-7H,3-5H2,1-2H3,(H,16,17). The normalized spacial score (nSPS) is 17.0. The molecule has 0 bridgehead atoms. The van der Waals surface area contributed by atoms with Crippen LogP contribution in [-0.2, 0) is 10.2 Å². The summed E-state index contributed by atoms with van der Waals surface area (Å²) in [7, 11) is 0. The molecule has 0 unspecified atom stereocenters. The minimum absolute atomic E-state index is 0.582. The predicted octanol–water partition coefficient (Wildman–Crippen LogP) is 2.68. The van der Waals surface area contributed by atoms with E-state index in [-0.39, 0.29) is 0 Å². The Kier molecular flexibility index (Phi) is 2.66. The molecule has 0 aromatic heterocycles. The molecule has 3 heteroatoms. The maximum Gasteiger partial charge on any atom is 0.314 e. The minimum Gasteiger partial charge on any atom is -0.481 e. The Hall–Kier alpha value is -1.82. The Morgan fingerprint density at radius 2 is 2.00 bits per heavy atom. The van der Waals surface area contributed by atoms with Gasteiger partial charge in [-0.2, -0.15) is 5.26 Å². The molecule has 17 heavy (non-hydrogen) atoms. The van der Waals surface area contributed by atoms with E-state index in [2.05, 4.69) is 6.07 Å². The van der Waals surface area contributed by atoms with Crippen LogP contribution >= 0.6 is 0 Å². The van der Waals surface area contributed by atoms with Gasteiger partial charge in [0.2, 0.25) is 0 Å². The van der Waals surface area contributed by atoms with Gasteiger partial charge in [0.05, 0.1) is 17.0 Å². The van der Waals surface area contributed by atoms with Crippen LogP contribution in [0.15, 0.2) is 12.1 Å². The molecule has 88 valence electrons. The summed E-state index contributed by atoms with van der Waals surface area (Å²) in [5.74, 6) is -0.764. The lowest BCUT2D eigenvalue weighted by molar-refractivity contribution is -0.147. The number of carbonyl (C=O) groups is 1. The third-order valence-electron chi connectivity index (χ3n) is 3.82. The fourth-order valence-electron chi connectivity index (χ4n) is 2.62. The average Bonchev–Trinajstić information content (AvgIpc) is 2.18. The van der Waals surface area contributed by atoms with E-state index in [9.17, 15) is 9.90 Å². The van der Waals surface area contributed by atoms with E-state index < -0.39 is 11.4 Å². The van der Waals surface area contributed by atoms with Crippen LogP contribution in [-0.4, -0.2) is 11.1 Å². The number of carboxylic acid groups (broad SMARTS) is 1. The topological polar surface area (TPSA) is 61.1 Å². The van der Waals surface area contributed by atoms with Crippen LogP contribution in [0.3, 0.4) is 0 Å². The maximum absolute atomic E-state index is 11.5. The number of hydrogen-bond acceptors (Lipinski definition) is 2. The van der Waals surface area contributed by atoms with Crippen molar-refractivity contribution in [2.24, 2.45) is 0 Å². The highest BCUT2D eigenvalue weighted by molar-refractivity contribution is 5.83. The van der Waals surface area contributed by atoms with Gasteiger partial charge in [-0.1, -0.05) is 12.5 Å². The van der Waals surface area contributed by atoms with Crippen molar-refractivity contribution < 1.29 is 9.90 Å². The van der Waals surface area contributed by atoms with Gasteiger partial charge >= 0.3 is 5.97 Å². The lowest BCUT2D eigenvalue weighted by Gasteiger charge is -2.39. The van der Waals surface area contributed by atoms with E-state index in [4.69, 9.17) is 5.26 Å². The van der Waals surface area contributed by atoms with Gasteiger partial charge in [0.1, 0.15) is 0 Å². The number of aliphatic carboxylic acids is 1. The molecule has 0 radical (unpaired) electrons. The number of benzene rings is 1. The Balaban J connectivity index is 2.60. The lowest BCUT2D eigenvalue weighted by atomic mass is 9.63. The first-order valence-electron chi connectivity index (χ1n) is 5.76. The average molecular weight is 229 g/mol. The summed E-state index contributed by atoms with van der Waals surface area (Å²) < 4.78 is 0. The molecule has 1 aliphatic rings. The molecular weight excluding hydrogens is 214 g/mol. The van der Waals surface area contributed by atoms with Crippen molar-refractivity contribution in [1.29, 1.82) is 5.26 Å². The molecule has 1 aromatic rings. The van der Waals surface area contributed by atoms with Crippen molar-refractivity contribution >= 4 is 5.97 Å². The first-order chi connectivity index (χ1) is 8.01. The molecule has 0 spiro atoms. The van der Waals surface area contributed by atoms with E-state index in [1.165, 1.54) is 0 Å².